The number of ether oxygens (including phenoxy) is 1. The monoisotopic (exact) mass is 378 g/mol. The van der Waals surface area contributed by atoms with E-state index in [1.807, 2.05) is 55.1 Å². The molecule has 24 heavy (non-hydrogen) atoms. The van der Waals surface area contributed by atoms with Gasteiger partial charge in [0, 0.05) is 23.0 Å². The highest BCUT2D eigenvalue weighted by molar-refractivity contribution is 7.99. The van der Waals surface area contributed by atoms with Crippen LogP contribution in [0.1, 0.15) is 17.9 Å². The van der Waals surface area contributed by atoms with Crippen molar-refractivity contribution < 1.29 is 4.74 Å². The molecule has 1 atom stereocenters. The Bertz CT molecular complexity index is 691. The van der Waals surface area contributed by atoms with Crippen LogP contribution in [-0.2, 0) is 0 Å². The Morgan fingerprint density at radius 1 is 1.25 bits per heavy atom. The van der Waals surface area contributed by atoms with Gasteiger partial charge < -0.3 is 15.0 Å². The second kappa shape index (κ2) is 8.10. The standard InChI is InChI=1S/C18H19ClN2OS2/c1-2-22-16-9-7-15(8-10-16)20-18(23)21-11-12-24-17(21)13-3-5-14(19)6-4-13/h3-10,17H,2,11-12H2,1H3,(H,20,23)/t17-/m0/s1. The third kappa shape index (κ3) is 4.15. The fourth-order valence-electron chi connectivity index (χ4n) is 2.58. The molecule has 1 heterocycles. The van der Waals surface area contributed by atoms with E-state index in [-0.39, 0.29) is 5.37 Å². The predicted molar refractivity (Wildman–Crippen MR) is 107 cm³/mol. The Hall–Kier alpha value is -1.43. The van der Waals surface area contributed by atoms with E-state index in [1.54, 1.807) is 0 Å². The largest absolute Gasteiger partial charge is 0.494 e. The minimum Gasteiger partial charge on any atom is -0.494 e. The van der Waals surface area contributed by atoms with Crippen LogP contribution in [-0.4, -0.2) is 28.9 Å². The summed E-state index contributed by atoms with van der Waals surface area (Å²) in [6, 6.07) is 15.9. The van der Waals surface area contributed by atoms with Gasteiger partial charge in [-0.2, -0.15) is 0 Å². The Balaban J connectivity index is 1.68. The Morgan fingerprint density at radius 3 is 2.62 bits per heavy atom. The van der Waals surface area contributed by atoms with Crippen LogP contribution in [0.4, 0.5) is 5.69 Å². The Morgan fingerprint density at radius 2 is 1.96 bits per heavy atom. The van der Waals surface area contributed by atoms with Crippen LogP contribution in [0.2, 0.25) is 5.02 Å². The van der Waals surface area contributed by atoms with E-state index in [2.05, 4.69) is 22.3 Å². The molecule has 1 aliphatic heterocycles. The summed E-state index contributed by atoms with van der Waals surface area (Å²) >= 11 is 13.5. The molecule has 0 spiro atoms. The molecule has 3 rings (SSSR count). The fourth-order valence-corrected chi connectivity index (χ4v) is 4.35. The molecular weight excluding hydrogens is 360 g/mol. The van der Waals surface area contributed by atoms with Crippen molar-refractivity contribution in [3.05, 3.63) is 59.1 Å². The minimum absolute atomic E-state index is 0.227. The molecule has 0 amide bonds. The van der Waals surface area contributed by atoms with Gasteiger partial charge in [0.05, 0.1) is 6.61 Å². The third-order valence-electron chi connectivity index (χ3n) is 3.72. The van der Waals surface area contributed by atoms with E-state index in [0.29, 0.717) is 6.61 Å². The Kier molecular flexibility index (Phi) is 5.87. The fraction of sp³-hybridized carbons (Fsp3) is 0.278. The van der Waals surface area contributed by atoms with Gasteiger partial charge in [-0.05, 0) is 61.1 Å². The van der Waals surface area contributed by atoms with Gasteiger partial charge in [0.2, 0.25) is 0 Å². The maximum Gasteiger partial charge on any atom is 0.174 e. The van der Waals surface area contributed by atoms with Gasteiger partial charge in [-0.3, -0.25) is 0 Å². The zero-order valence-electron chi connectivity index (χ0n) is 13.4. The van der Waals surface area contributed by atoms with Crippen molar-refractivity contribution in [2.75, 3.05) is 24.2 Å². The molecule has 6 heteroatoms. The number of hydrogen-bond donors (Lipinski definition) is 1. The molecule has 1 N–H and O–H groups in total. The molecule has 0 radical (unpaired) electrons. The maximum atomic E-state index is 5.99. The number of benzene rings is 2. The topological polar surface area (TPSA) is 24.5 Å². The van der Waals surface area contributed by atoms with E-state index in [1.165, 1.54) is 5.56 Å². The van der Waals surface area contributed by atoms with Crippen LogP contribution in [0.3, 0.4) is 0 Å². The van der Waals surface area contributed by atoms with Gasteiger partial charge in [-0.25, -0.2) is 0 Å². The summed E-state index contributed by atoms with van der Waals surface area (Å²) in [6.07, 6.45) is 0. The first-order valence-electron chi connectivity index (χ1n) is 7.85. The van der Waals surface area contributed by atoms with Gasteiger partial charge in [0.15, 0.2) is 5.11 Å². The summed E-state index contributed by atoms with van der Waals surface area (Å²) in [5, 5.41) is 5.05. The lowest BCUT2D eigenvalue weighted by Gasteiger charge is -2.27. The number of anilines is 1. The number of halogens is 1. The molecule has 0 saturated carbocycles. The summed E-state index contributed by atoms with van der Waals surface area (Å²) < 4.78 is 5.46. The van der Waals surface area contributed by atoms with Crippen molar-refractivity contribution in [2.45, 2.75) is 12.3 Å². The zero-order chi connectivity index (χ0) is 16.9. The van der Waals surface area contributed by atoms with Gasteiger partial charge >= 0.3 is 0 Å². The van der Waals surface area contributed by atoms with Crippen molar-refractivity contribution in [2.24, 2.45) is 0 Å². The lowest BCUT2D eigenvalue weighted by Crippen LogP contribution is -2.34. The first kappa shape index (κ1) is 17.4. The van der Waals surface area contributed by atoms with E-state index < -0.39 is 0 Å². The summed E-state index contributed by atoms with van der Waals surface area (Å²) in [5.41, 5.74) is 2.19. The summed E-state index contributed by atoms with van der Waals surface area (Å²) in [6.45, 7) is 3.57. The average Bonchev–Trinajstić information content (AvgIpc) is 3.07. The first-order valence-corrected chi connectivity index (χ1v) is 9.68. The van der Waals surface area contributed by atoms with Gasteiger partial charge in [0.25, 0.3) is 0 Å². The van der Waals surface area contributed by atoms with Crippen molar-refractivity contribution in [1.82, 2.24) is 4.90 Å². The maximum absolute atomic E-state index is 5.99. The number of rotatable bonds is 4. The van der Waals surface area contributed by atoms with Gasteiger partial charge in [-0.1, -0.05) is 23.7 Å². The van der Waals surface area contributed by atoms with Crippen LogP contribution in [0, 0.1) is 0 Å². The number of hydrogen-bond acceptors (Lipinski definition) is 3. The molecule has 0 bridgehead atoms. The molecule has 1 fully saturated rings. The lowest BCUT2D eigenvalue weighted by molar-refractivity contribution is 0.340. The van der Waals surface area contributed by atoms with Crippen LogP contribution in [0.15, 0.2) is 48.5 Å². The molecule has 0 aliphatic carbocycles. The zero-order valence-corrected chi connectivity index (χ0v) is 15.8. The lowest BCUT2D eigenvalue weighted by atomic mass is 10.2. The molecule has 2 aromatic rings. The van der Waals surface area contributed by atoms with E-state index in [4.69, 9.17) is 28.6 Å². The predicted octanol–water partition coefficient (Wildman–Crippen LogP) is 5.18. The Labute approximate surface area is 157 Å². The number of nitrogens with zero attached hydrogens (tertiary/aromatic N) is 1. The van der Waals surface area contributed by atoms with Crippen molar-refractivity contribution in [3.8, 4) is 5.75 Å². The van der Waals surface area contributed by atoms with Crippen LogP contribution in [0.25, 0.3) is 0 Å². The first-order chi connectivity index (χ1) is 11.7. The molecule has 126 valence electrons. The molecule has 1 saturated heterocycles. The van der Waals surface area contributed by atoms with Crippen molar-refractivity contribution >= 4 is 46.4 Å². The molecule has 0 unspecified atom stereocenters. The highest BCUT2D eigenvalue weighted by atomic mass is 35.5. The van der Waals surface area contributed by atoms with E-state index in [0.717, 1.165) is 33.9 Å². The summed E-state index contributed by atoms with van der Waals surface area (Å²) in [4.78, 5) is 2.22. The molecule has 0 aromatic heterocycles. The minimum atomic E-state index is 0.227. The van der Waals surface area contributed by atoms with Crippen LogP contribution >= 0.6 is 35.6 Å². The van der Waals surface area contributed by atoms with Crippen molar-refractivity contribution in [1.29, 1.82) is 0 Å². The van der Waals surface area contributed by atoms with Gasteiger partial charge in [0.1, 0.15) is 11.1 Å². The second-order valence-corrected chi connectivity index (χ2v) is 7.37. The van der Waals surface area contributed by atoms with Gasteiger partial charge in [-0.15, -0.1) is 11.8 Å². The van der Waals surface area contributed by atoms with Crippen LogP contribution < -0.4 is 10.1 Å². The number of thioether (sulfide) groups is 1. The van der Waals surface area contributed by atoms with Crippen LogP contribution in [0.5, 0.6) is 5.75 Å². The smallest absolute Gasteiger partial charge is 0.174 e. The molecule has 3 nitrogen and oxygen atoms in total. The van der Waals surface area contributed by atoms with E-state index in [9.17, 15) is 0 Å². The second-order valence-electron chi connectivity index (χ2n) is 5.36. The highest BCUT2D eigenvalue weighted by Crippen LogP contribution is 2.38. The molecular formula is C18H19ClN2OS2. The molecule has 2 aromatic carbocycles. The molecule has 1 aliphatic rings. The van der Waals surface area contributed by atoms with Crippen molar-refractivity contribution in [3.63, 3.8) is 0 Å². The SMILES string of the molecule is CCOc1ccc(NC(=S)N2CCS[C@H]2c2ccc(Cl)cc2)cc1. The quantitative estimate of drug-likeness (QED) is 0.738. The summed E-state index contributed by atoms with van der Waals surface area (Å²) in [7, 11) is 0. The summed E-state index contributed by atoms with van der Waals surface area (Å²) in [5.74, 6) is 1.92. The number of thiocarbonyl (C=S) groups is 1. The number of nitrogens with one attached hydrogen (secondary N) is 1. The van der Waals surface area contributed by atoms with E-state index >= 15 is 0 Å². The highest BCUT2D eigenvalue weighted by Gasteiger charge is 2.28. The third-order valence-corrected chi connectivity index (χ3v) is 5.57. The normalized spacial score (nSPS) is 16.9. The average molecular weight is 379 g/mol.